The van der Waals surface area contributed by atoms with E-state index in [1.54, 1.807) is 18.5 Å². The molecule has 0 spiro atoms. The van der Waals surface area contributed by atoms with E-state index in [0.29, 0.717) is 24.9 Å². The lowest BCUT2D eigenvalue weighted by atomic mass is 10.2. The van der Waals surface area contributed by atoms with Gasteiger partial charge in [-0.15, -0.1) is 0 Å². The molecule has 2 amide bonds. The Morgan fingerprint density at radius 3 is 2.87 bits per heavy atom. The molecular weight excluding hydrogens is 212 g/mol. The minimum atomic E-state index is -0.0758. The van der Waals surface area contributed by atoms with Crippen LogP contribution < -0.4 is 10.6 Å². The summed E-state index contributed by atoms with van der Waals surface area (Å²) in [5, 5.41) is 8.94. The monoisotopic (exact) mass is 226 g/mol. The Labute approximate surface area is 92.7 Å². The summed E-state index contributed by atoms with van der Waals surface area (Å²) in [6, 6.07) is 1.78. The number of hydrogen-bond donors (Lipinski definition) is 2. The lowest BCUT2D eigenvalue weighted by Gasteiger charge is -2.02. The number of carbonyl (C=O) groups excluding carboxylic acids is 2. The predicted octanol–water partition coefficient (Wildman–Crippen LogP) is 1.00. The van der Waals surface area contributed by atoms with E-state index in [2.05, 4.69) is 10.6 Å². The molecule has 4 nitrogen and oxygen atoms in total. The Hall–Kier alpha value is -1.36. The van der Waals surface area contributed by atoms with Gasteiger partial charge in [0.05, 0.1) is 0 Å². The molecule has 1 aromatic heterocycles. The van der Waals surface area contributed by atoms with Crippen LogP contribution in [0, 0.1) is 0 Å². The summed E-state index contributed by atoms with van der Waals surface area (Å²) in [7, 11) is 1.60. The second-order valence-corrected chi connectivity index (χ2v) is 3.82. The van der Waals surface area contributed by atoms with E-state index in [0.717, 1.165) is 0 Å². The standard InChI is InChI=1S/C10H14N2O2S/c1-11-9(13)3-2-5-12-10(14)8-4-6-15-7-8/h4,6-7H,2-3,5H2,1H3,(H,11,13)(H,12,14). The van der Waals surface area contributed by atoms with Crippen molar-refractivity contribution >= 4 is 23.2 Å². The average Bonchev–Trinajstić information content (AvgIpc) is 2.77. The van der Waals surface area contributed by atoms with Gasteiger partial charge in [0, 0.05) is 31.0 Å². The highest BCUT2D eigenvalue weighted by Gasteiger charge is 2.04. The van der Waals surface area contributed by atoms with E-state index in [9.17, 15) is 9.59 Å². The molecule has 0 aromatic carbocycles. The summed E-state index contributed by atoms with van der Waals surface area (Å²) in [5.74, 6) is -0.0760. The predicted molar refractivity (Wildman–Crippen MR) is 60.0 cm³/mol. The minimum Gasteiger partial charge on any atom is -0.359 e. The second-order valence-electron chi connectivity index (χ2n) is 3.04. The topological polar surface area (TPSA) is 58.2 Å². The molecule has 1 aromatic rings. The maximum atomic E-state index is 11.4. The molecule has 5 heteroatoms. The third kappa shape index (κ3) is 4.12. The van der Waals surface area contributed by atoms with Crippen molar-refractivity contribution in [2.24, 2.45) is 0 Å². The van der Waals surface area contributed by atoms with Crippen LogP contribution in [0.25, 0.3) is 0 Å². The van der Waals surface area contributed by atoms with Gasteiger partial charge in [0.2, 0.25) is 5.91 Å². The highest BCUT2D eigenvalue weighted by molar-refractivity contribution is 7.08. The largest absolute Gasteiger partial charge is 0.359 e. The first-order valence-electron chi connectivity index (χ1n) is 4.75. The third-order valence-corrected chi connectivity index (χ3v) is 2.61. The fourth-order valence-electron chi connectivity index (χ4n) is 1.07. The van der Waals surface area contributed by atoms with Gasteiger partial charge < -0.3 is 10.6 Å². The highest BCUT2D eigenvalue weighted by Crippen LogP contribution is 2.05. The van der Waals surface area contributed by atoms with Crippen molar-refractivity contribution in [3.05, 3.63) is 22.4 Å². The zero-order valence-corrected chi connectivity index (χ0v) is 9.39. The van der Waals surface area contributed by atoms with Crippen LogP contribution in [0.15, 0.2) is 16.8 Å². The van der Waals surface area contributed by atoms with E-state index >= 15 is 0 Å². The summed E-state index contributed by atoms with van der Waals surface area (Å²) in [4.78, 5) is 22.3. The maximum Gasteiger partial charge on any atom is 0.252 e. The number of thiophene rings is 1. The van der Waals surface area contributed by atoms with Crippen LogP contribution >= 0.6 is 11.3 Å². The van der Waals surface area contributed by atoms with Crippen molar-refractivity contribution in [2.75, 3.05) is 13.6 Å². The molecule has 0 saturated carbocycles. The van der Waals surface area contributed by atoms with Gasteiger partial charge in [-0.3, -0.25) is 9.59 Å². The first-order valence-corrected chi connectivity index (χ1v) is 5.69. The van der Waals surface area contributed by atoms with Crippen molar-refractivity contribution in [3.8, 4) is 0 Å². The van der Waals surface area contributed by atoms with Gasteiger partial charge in [0.1, 0.15) is 0 Å². The van der Waals surface area contributed by atoms with Crippen LogP contribution in [0.2, 0.25) is 0 Å². The molecule has 0 bridgehead atoms. The Morgan fingerprint density at radius 2 is 2.27 bits per heavy atom. The van der Waals surface area contributed by atoms with E-state index in [-0.39, 0.29) is 11.8 Å². The summed E-state index contributed by atoms with van der Waals surface area (Å²) in [6.07, 6.45) is 1.11. The Balaban J connectivity index is 2.16. The molecule has 2 N–H and O–H groups in total. The fraction of sp³-hybridized carbons (Fsp3) is 0.400. The molecular formula is C10H14N2O2S. The number of amides is 2. The van der Waals surface area contributed by atoms with Crippen LogP contribution in [-0.4, -0.2) is 25.4 Å². The van der Waals surface area contributed by atoms with Gasteiger partial charge in [-0.1, -0.05) is 0 Å². The van der Waals surface area contributed by atoms with E-state index in [1.807, 2.05) is 5.38 Å². The van der Waals surface area contributed by atoms with Crippen molar-refractivity contribution in [1.29, 1.82) is 0 Å². The van der Waals surface area contributed by atoms with Gasteiger partial charge in [-0.25, -0.2) is 0 Å². The van der Waals surface area contributed by atoms with Crippen LogP contribution in [0.1, 0.15) is 23.2 Å². The van der Waals surface area contributed by atoms with Gasteiger partial charge in [0.15, 0.2) is 0 Å². The van der Waals surface area contributed by atoms with Crippen molar-refractivity contribution in [2.45, 2.75) is 12.8 Å². The maximum absolute atomic E-state index is 11.4. The SMILES string of the molecule is CNC(=O)CCCNC(=O)c1ccsc1. The lowest BCUT2D eigenvalue weighted by Crippen LogP contribution is -2.25. The first kappa shape index (κ1) is 11.7. The van der Waals surface area contributed by atoms with Crippen molar-refractivity contribution < 1.29 is 9.59 Å². The lowest BCUT2D eigenvalue weighted by molar-refractivity contribution is -0.120. The summed E-state index contributed by atoms with van der Waals surface area (Å²) >= 11 is 1.49. The zero-order valence-electron chi connectivity index (χ0n) is 8.58. The first-order chi connectivity index (χ1) is 7.24. The normalized spacial score (nSPS) is 9.67. The van der Waals surface area contributed by atoms with E-state index in [4.69, 9.17) is 0 Å². The van der Waals surface area contributed by atoms with Crippen LogP contribution in [-0.2, 0) is 4.79 Å². The molecule has 1 heterocycles. The molecule has 0 aliphatic rings. The average molecular weight is 226 g/mol. The van der Waals surface area contributed by atoms with Gasteiger partial charge in [0.25, 0.3) is 5.91 Å². The molecule has 0 aliphatic carbocycles. The Morgan fingerprint density at radius 1 is 1.47 bits per heavy atom. The smallest absolute Gasteiger partial charge is 0.252 e. The molecule has 0 unspecified atom stereocenters. The highest BCUT2D eigenvalue weighted by atomic mass is 32.1. The Kier molecular flexibility index (Phi) is 4.83. The fourth-order valence-corrected chi connectivity index (χ4v) is 1.71. The minimum absolute atomic E-state index is 0.000202. The quantitative estimate of drug-likeness (QED) is 0.736. The number of carbonyl (C=O) groups is 2. The van der Waals surface area contributed by atoms with Crippen LogP contribution in [0.5, 0.6) is 0 Å². The van der Waals surface area contributed by atoms with E-state index < -0.39 is 0 Å². The molecule has 1 rings (SSSR count). The molecule has 0 radical (unpaired) electrons. The number of nitrogens with one attached hydrogen (secondary N) is 2. The summed E-state index contributed by atoms with van der Waals surface area (Å²) in [6.45, 7) is 0.530. The zero-order chi connectivity index (χ0) is 11.1. The van der Waals surface area contributed by atoms with Crippen LogP contribution in [0.4, 0.5) is 0 Å². The number of rotatable bonds is 5. The Bertz CT molecular complexity index is 322. The summed E-state index contributed by atoms with van der Waals surface area (Å²) < 4.78 is 0. The molecule has 0 atom stereocenters. The van der Waals surface area contributed by atoms with Gasteiger partial charge in [-0.2, -0.15) is 11.3 Å². The van der Waals surface area contributed by atoms with Gasteiger partial charge in [-0.05, 0) is 17.9 Å². The van der Waals surface area contributed by atoms with E-state index in [1.165, 1.54) is 11.3 Å². The third-order valence-electron chi connectivity index (χ3n) is 1.93. The molecule has 0 fully saturated rings. The van der Waals surface area contributed by atoms with Crippen LogP contribution in [0.3, 0.4) is 0 Å². The number of hydrogen-bond acceptors (Lipinski definition) is 3. The molecule has 0 saturated heterocycles. The van der Waals surface area contributed by atoms with Crippen molar-refractivity contribution in [1.82, 2.24) is 10.6 Å². The van der Waals surface area contributed by atoms with Gasteiger partial charge >= 0.3 is 0 Å². The molecule has 0 aliphatic heterocycles. The second kappa shape index (κ2) is 6.19. The summed E-state index contributed by atoms with van der Waals surface area (Å²) in [5.41, 5.74) is 0.681. The molecule has 15 heavy (non-hydrogen) atoms. The molecule has 82 valence electrons. The van der Waals surface area contributed by atoms with Crippen molar-refractivity contribution in [3.63, 3.8) is 0 Å².